The number of para-hydroxylation sites is 1. The number of benzene rings is 1. The standard InChI is InChI=1S/C16H20N4O/c17-8-12-2-1-3-13(18)14(12)20-10-16(6-7-19-9-16)15(21)11-4-5-11/h1-3,11,19-20H,4-7,9-10,18H2/t16-/m0/s1. The average Bonchev–Trinajstić information content (AvgIpc) is 3.23. The number of hydrogen-bond donors (Lipinski definition) is 3. The zero-order chi connectivity index (χ0) is 14.9. The second kappa shape index (κ2) is 5.38. The minimum Gasteiger partial charge on any atom is -0.397 e. The topological polar surface area (TPSA) is 90.9 Å². The molecule has 0 amide bonds. The van der Waals surface area contributed by atoms with Gasteiger partial charge in [-0.25, -0.2) is 0 Å². The summed E-state index contributed by atoms with van der Waals surface area (Å²) in [6.07, 6.45) is 2.90. The third-order valence-electron chi connectivity index (χ3n) is 4.54. The summed E-state index contributed by atoms with van der Waals surface area (Å²) < 4.78 is 0. The summed E-state index contributed by atoms with van der Waals surface area (Å²) in [7, 11) is 0. The van der Waals surface area contributed by atoms with E-state index in [1.807, 2.05) is 0 Å². The van der Waals surface area contributed by atoms with Gasteiger partial charge in [0.25, 0.3) is 0 Å². The highest BCUT2D eigenvalue weighted by Crippen LogP contribution is 2.40. The van der Waals surface area contributed by atoms with E-state index in [2.05, 4.69) is 16.7 Å². The molecule has 0 unspecified atom stereocenters. The number of carbonyl (C=O) groups is 1. The van der Waals surface area contributed by atoms with Gasteiger partial charge < -0.3 is 16.4 Å². The van der Waals surface area contributed by atoms with E-state index in [-0.39, 0.29) is 11.3 Å². The quantitative estimate of drug-likeness (QED) is 0.713. The van der Waals surface area contributed by atoms with Gasteiger partial charge in [0.2, 0.25) is 0 Å². The van der Waals surface area contributed by atoms with Crippen LogP contribution in [0.2, 0.25) is 0 Å². The molecule has 0 aromatic heterocycles. The highest BCUT2D eigenvalue weighted by atomic mass is 16.1. The van der Waals surface area contributed by atoms with Gasteiger partial charge in [0.15, 0.2) is 0 Å². The Hall–Kier alpha value is -2.06. The number of nitrogens with one attached hydrogen (secondary N) is 2. The van der Waals surface area contributed by atoms with Crippen molar-refractivity contribution in [2.75, 3.05) is 30.7 Å². The maximum atomic E-state index is 12.6. The third kappa shape index (κ3) is 2.59. The van der Waals surface area contributed by atoms with Gasteiger partial charge in [-0.05, 0) is 37.9 Å². The Morgan fingerprint density at radius 1 is 1.52 bits per heavy atom. The van der Waals surface area contributed by atoms with Crippen molar-refractivity contribution in [2.24, 2.45) is 11.3 Å². The van der Waals surface area contributed by atoms with Crippen molar-refractivity contribution in [1.29, 1.82) is 5.26 Å². The minimum absolute atomic E-state index is 0.246. The lowest BCUT2D eigenvalue weighted by Crippen LogP contribution is -2.41. The van der Waals surface area contributed by atoms with E-state index in [1.54, 1.807) is 18.2 Å². The van der Waals surface area contributed by atoms with E-state index in [0.29, 0.717) is 35.8 Å². The van der Waals surface area contributed by atoms with Crippen LogP contribution in [0.25, 0.3) is 0 Å². The van der Waals surface area contributed by atoms with Gasteiger partial charge in [0.05, 0.1) is 22.4 Å². The fraction of sp³-hybridized carbons (Fsp3) is 0.500. The molecule has 2 aliphatic rings. The third-order valence-corrected chi connectivity index (χ3v) is 4.54. The summed E-state index contributed by atoms with van der Waals surface area (Å²) in [6.45, 7) is 2.12. The Morgan fingerprint density at radius 3 is 2.95 bits per heavy atom. The maximum absolute atomic E-state index is 12.6. The summed E-state index contributed by atoms with van der Waals surface area (Å²) in [5.41, 5.74) is 7.33. The van der Waals surface area contributed by atoms with Crippen LogP contribution in [0.1, 0.15) is 24.8 Å². The van der Waals surface area contributed by atoms with E-state index in [9.17, 15) is 10.1 Å². The smallest absolute Gasteiger partial charge is 0.145 e. The molecule has 1 saturated heterocycles. The number of anilines is 2. The Labute approximate surface area is 124 Å². The molecular weight excluding hydrogens is 264 g/mol. The number of hydrogen-bond acceptors (Lipinski definition) is 5. The van der Waals surface area contributed by atoms with Crippen LogP contribution in [0.15, 0.2) is 18.2 Å². The van der Waals surface area contributed by atoms with E-state index < -0.39 is 0 Å². The monoisotopic (exact) mass is 284 g/mol. The van der Waals surface area contributed by atoms with Crippen molar-refractivity contribution < 1.29 is 4.79 Å². The van der Waals surface area contributed by atoms with E-state index >= 15 is 0 Å². The van der Waals surface area contributed by atoms with E-state index in [0.717, 1.165) is 25.8 Å². The summed E-state index contributed by atoms with van der Waals surface area (Å²) >= 11 is 0. The predicted octanol–water partition coefficient (Wildman–Crippen LogP) is 1.51. The number of rotatable bonds is 5. The van der Waals surface area contributed by atoms with Gasteiger partial charge >= 0.3 is 0 Å². The lowest BCUT2D eigenvalue weighted by Gasteiger charge is -2.28. The molecule has 0 radical (unpaired) electrons. The van der Waals surface area contributed by atoms with Gasteiger partial charge in [-0.3, -0.25) is 4.79 Å². The molecule has 1 aromatic carbocycles. The lowest BCUT2D eigenvalue weighted by molar-refractivity contribution is -0.128. The van der Waals surface area contributed by atoms with Gasteiger partial charge in [-0.1, -0.05) is 6.07 Å². The van der Waals surface area contributed by atoms with Crippen LogP contribution < -0.4 is 16.4 Å². The van der Waals surface area contributed by atoms with Crippen LogP contribution >= 0.6 is 0 Å². The predicted molar refractivity (Wildman–Crippen MR) is 81.7 cm³/mol. The molecule has 1 aliphatic carbocycles. The van der Waals surface area contributed by atoms with Crippen molar-refractivity contribution in [2.45, 2.75) is 19.3 Å². The van der Waals surface area contributed by atoms with Crippen LogP contribution in [0.3, 0.4) is 0 Å². The second-order valence-electron chi connectivity index (χ2n) is 6.08. The molecule has 21 heavy (non-hydrogen) atoms. The number of nitrogens with zero attached hydrogens (tertiary/aromatic N) is 1. The molecule has 4 N–H and O–H groups in total. The summed E-state index contributed by atoms with van der Waals surface area (Å²) in [5, 5.41) is 15.8. The highest BCUT2D eigenvalue weighted by Gasteiger charge is 2.47. The average molecular weight is 284 g/mol. The molecule has 5 nitrogen and oxygen atoms in total. The van der Waals surface area contributed by atoms with Gasteiger partial charge in [-0.2, -0.15) is 5.26 Å². The SMILES string of the molecule is N#Cc1cccc(N)c1NC[C@]1(C(=O)C2CC2)CCNC1. The van der Waals surface area contributed by atoms with Crippen LogP contribution in [0.5, 0.6) is 0 Å². The van der Waals surface area contributed by atoms with E-state index in [4.69, 9.17) is 5.73 Å². The molecule has 1 atom stereocenters. The molecule has 1 heterocycles. The summed E-state index contributed by atoms with van der Waals surface area (Å²) in [6, 6.07) is 7.42. The molecule has 3 rings (SSSR count). The number of Topliss-reactive ketones (excluding diaryl/α,β-unsaturated/α-hetero) is 1. The number of carbonyl (C=O) groups excluding carboxylic acids is 1. The first kappa shape index (κ1) is 13.9. The first-order chi connectivity index (χ1) is 10.2. The van der Waals surface area contributed by atoms with Crippen molar-refractivity contribution in [3.05, 3.63) is 23.8 Å². The van der Waals surface area contributed by atoms with Crippen LogP contribution in [0, 0.1) is 22.7 Å². The summed E-state index contributed by atoms with van der Waals surface area (Å²) in [5.74, 6) is 0.614. The molecule has 0 spiro atoms. The Bertz CT molecular complexity index is 595. The van der Waals surface area contributed by atoms with Crippen LogP contribution in [0.4, 0.5) is 11.4 Å². The van der Waals surface area contributed by atoms with Crippen molar-refractivity contribution >= 4 is 17.2 Å². The molecule has 2 fully saturated rings. The van der Waals surface area contributed by atoms with Crippen molar-refractivity contribution in [1.82, 2.24) is 5.32 Å². The molecule has 0 bridgehead atoms. The second-order valence-corrected chi connectivity index (χ2v) is 6.08. The molecular formula is C16H20N4O. The van der Waals surface area contributed by atoms with E-state index in [1.165, 1.54) is 0 Å². The van der Waals surface area contributed by atoms with Crippen LogP contribution in [-0.4, -0.2) is 25.4 Å². The molecule has 1 aliphatic heterocycles. The Kier molecular flexibility index (Phi) is 3.56. The number of nitrogens with two attached hydrogens (primary N) is 1. The largest absolute Gasteiger partial charge is 0.397 e. The van der Waals surface area contributed by atoms with Crippen molar-refractivity contribution in [3.8, 4) is 6.07 Å². The fourth-order valence-electron chi connectivity index (χ4n) is 3.09. The van der Waals surface area contributed by atoms with Gasteiger partial charge in [0, 0.05) is 19.0 Å². The molecule has 5 heteroatoms. The Morgan fingerprint density at radius 2 is 2.33 bits per heavy atom. The summed E-state index contributed by atoms with van der Waals surface area (Å²) in [4.78, 5) is 12.6. The fourth-order valence-corrected chi connectivity index (χ4v) is 3.09. The molecule has 110 valence electrons. The number of ketones is 1. The zero-order valence-electron chi connectivity index (χ0n) is 12.0. The molecule has 1 saturated carbocycles. The normalized spacial score (nSPS) is 24.5. The minimum atomic E-state index is -0.351. The number of nitrogen functional groups attached to an aromatic ring is 1. The lowest BCUT2D eigenvalue weighted by atomic mass is 9.80. The zero-order valence-corrected chi connectivity index (χ0v) is 12.0. The number of nitriles is 1. The van der Waals surface area contributed by atoms with Gasteiger partial charge in [-0.15, -0.1) is 0 Å². The Balaban J connectivity index is 1.79. The first-order valence-electron chi connectivity index (χ1n) is 7.44. The molecule has 1 aromatic rings. The highest BCUT2D eigenvalue weighted by molar-refractivity contribution is 5.90. The van der Waals surface area contributed by atoms with Crippen molar-refractivity contribution in [3.63, 3.8) is 0 Å². The maximum Gasteiger partial charge on any atom is 0.145 e. The first-order valence-corrected chi connectivity index (χ1v) is 7.44. The van der Waals surface area contributed by atoms with Crippen LogP contribution in [-0.2, 0) is 4.79 Å². The van der Waals surface area contributed by atoms with Gasteiger partial charge in [0.1, 0.15) is 11.9 Å².